The van der Waals surface area contributed by atoms with Crippen molar-refractivity contribution in [1.29, 1.82) is 0 Å². The number of benzene rings is 1. The van der Waals surface area contributed by atoms with Crippen LogP contribution in [0, 0.1) is 0 Å². The molecule has 1 amide bonds. The maximum atomic E-state index is 12.8. The van der Waals surface area contributed by atoms with Crippen molar-refractivity contribution >= 4 is 33.8 Å². The average molecular weight is 331 g/mol. The van der Waals surface area contributed by atoms with Gasteiger partial charge in [0.15, 0.2) is 0 Å². The Morgan fingerprint density at radius 1 is 1.04 bits per heavy atom. The summed E-state index contributed by atoms with van der Waals surface area (Å²) in [6.45, 7) is 0. The SMILES string of the molecule is O=C(Nc1cccnc1)c1cc(-c2cccs2)nc2ccccc12. The minimum Gasteiger partial charge on any atom is -0.321 e. The second-order valence-electron chi connectivity index (χ2n) is 5.25. The third kappa shape index (κ3) is 2.77. The maximum Gasteiger partial charge on any atom is 0.256 e. The topological polar surface area (TPSA) is 54.9 Å². The van der Waals surface area contributed by atoms with Crippen molar-refractivity contribution in [3.63, 3.8) is 0 Å². The lowest BCUT2D eigenvalue weighted by Crippen LogP contribution is -2.13. The predicted molar refractivity (Wildman–Crippen MR) is 97.2 cm³/mol. The van der Waals surface area contributed by atoms with E-state index in [1.54, 1.807) is 29.8 Å². The van der Waals surface area contributed by atoms with E-state index in [-0.39, 0.29) is 5.91 Å². The summed E-state index contributed by atoms with van der Waals surface area (Å²) in [6.07, 6.45) is 3.30. The number of anilines is 1. The molecule has 24 heavy (non-hydrogen) atoms. The minimum atomic E-state index is -0.167. The molecule has 0 aliphatic rings. The summed E-state index contributed by atoms with van der Waals surface area (Å²) in [6, 6.07) is 17.1. The van der Waals surface area contributed by atoms with Crippen molar-refractivity contribution in [2.45, 2.75) is 0 Å². The highest BCUT2D eigenvalue weighted by atomic mass is 32.1. The van der Waals surface area contributed by atoms with Gasteiger partial charge in [0.25, 0.3) is 5.91 Å². The Balaban J connectivity index is 1.82. The van der Waals surface area contributed by atoms with Crippen molar-refractivity contribution in [2.75, 3.05) is 5.32 Å². The molecular weight excluding hydrogens is 318 g/mol. The van der Waals surface area contributed by atoms with E-state index < -0.39 is 0 Å². The first-order valence-electron chi connectivity index (χ1n) is 7.46. The largest absolute Gasteiger partial charge is 0.321 e. The zero-order valence-electron chi connectivity index (χ0n) is 12.6. The van der Waals surface area contributed by atoms with E-state index in [1.165, 1.54) is 0 Å². The fraction of sp³-hybridized carbons (Fsp3) is 0. The standard InChI is InChI=1S/C19H13N3OS/c23-19(21-13-5-3-9-20-12-13)15-11-17(18-8-4-10-24-18)22-16-7-2-1-6-14(15)16/h1-12H,(H,21,23). The Bertz CT molecular complexity index is 998. The molecule has 5 heteroatoms. The molecule has 1 N–H and O–H groups in total. The van der Waals surface area contributed by atoms with Gasteiger partial charge in [-0.05, 0) is 35.7 Å². The van der Waals surface area contributed by atoms with E-state index in [4.69, 9.17) is 0 Å². The van der Waals surface area contributed by atoms with Crippen LogP contribution in [0.4, 0.5) is 5.69 Å². The van der Waals surface area contributed by atoms with Crippen LogP contribution in [-0.4, -0.2) is 15.9 Å². The quantitative estimate of drug-likeness (QED) is 0.596. The molecule has 0 spiro atoms. The van der Waals surface area contributed by atoms with Crippen molar-refractivity contribution in [3.05, 3.63) is 77.9 Å². The van der Waals surface area contributed by atoms with Gasteiger partial charge in [-0.25, -0.2) is 4.98 Å². The zero-order chi connectivity index (χ0) is 16.4. The number of fused-ring (bicyclic) bond motifs is 1. The Labute approximate surface area is 142 Å². The first-order valence-corrected chi connectivity index (χ1v) is 8.34. The molecule has 0 saturated heterocycles. The van der Waals surface area contributed by atoms with Crippen LogP contribution in [-0.2, 0) is 0 Å². The molecule has 0 radical (unpaired) electrons. The number of carbonyl (C=O) groups excluding carboxylic acids is 1. The number of hydrogen-bond acceptors (Lipinski definition) is 4. The normalized spacial score (nSPS) is 10.7. The van der Waals surface area contributed by atoms with Crippen molar-refractivity contribution < 1.29 is 4.79 Å². The summed E-state index contributed by atoms with van der Waals surface area (Å²) in [4.78, 5) is 22.5. The van der Waals surface area contributed by atoms with Crippen LogP contribution < -0.4 is 5.32 Å². The molecule has 0 saturated carbocycles. The van der Waals surface area contributed by atoms with E-state index in [0.717, 1.165) is 21.5 Å². The molecule has 0 aliphatic carbocycles. The molecule has 3 heterocycles. The van der Waals surface area contributed by atoms with E-state index in [1.807, 2.05) is 53.9 Å². The fourth-order valence-electron chi connectivity index (χ4n) is 2.55. The van der Waals surface area contributed by atoms with Gasteiger partial charge >= 0.3 is 0 Å². The Morgan fingerprint density at radius 3 is 2.75 bits per heavy atom. The minimum absolute atomic E-state index is 0.167. The number of amides is 1. The van der Waals surface area contributed by atoms with Gasteiger partial charge in [-0.15, -0.1) is 11.3 Å². The van der Waals surface area contributed by atoms with Crippen LogP contribution in [0.2, 0.25) is 0 Å². The highest BCUT2D eigenvalue weighted by Crippen LogP contribution is 2.28. The van der Waals surface area contributed by atoms with Gasteiger partial charge in [0.05, 0.1) is 33.5 Å². The van der Waals surface area contributed by atoms with Crippen molar-refractivity contribution in [1.82, 2.24) is 9.97 Å². The number of carbonyl (C=O) groups is 1. The highest BCUT2D eigenvalue weighted by Gasteiger charge is 2.14. The van der Waals surface area contributed by atoms with Crippen LogP contribution in [0.25, 0.3) is 21.5 Å². The van der Waals surface area contributed by atoms with Crippen LogP contribution in [0.1, 0.15) is 10.4 Å². The van der Waals surface area contributed by atoms with E-state index >= 15 is 0 Å². The summed E-state index contributed by atoms with van der Waals surface area (Å²) in [5.41, 5.74) is 2.88. The zero-order valence-corrected chi connectivity index (χ0v) is 13.5. The van der Waals surface area contributed by atoms with Gasteiger partial charge < -0.3 is 5.32 Å². The summed E-state index contributed by atoms with van der Waals surface area (Å²) < 4.78 is 0. The van der Waals surface area contributed by atoms with Crippen LogP contribution in [0.5, 0.6) is 0 Å². The molecule has 0 unspecified atom stereocenters. The lowest BCUT2D eigenvalue weighted by Gasteiger charge is -2.09. The molecule has 0 aliphatic heterocycles. The first-order chi connectivity index (χ1) is 11.8. The summed E-state index contributed by atoms with van der Waals surface area (Å²) in [5.74, 6) is -0.167. The molecular formula is C19H13N3OS. The molecule has 1 aromatic carbocycles. The summed E-state index contributed by atoms with van der Waals surface area (Å²) >= 11 is 1.60. The number of pyridine rings is 2. The number of nitrogens with one attached hydrogen (secondary N) is 1. The first kappa shape index (κ1) is 14.5. The summed E-state index contributed by atoms with van der Waals surface area (Å²) in [7, 11) is 0. The van der Waals surface area contributed by atoms with Crippen LogP contribution >= 0.6 is 11.3 Å². The predicted octanol–water partition coefficient (Wildman–Crippen LogP) is 4.61. The third-order valence-electron chi connectivity index (χ3n) is 3.65. The highest BCUT2D eigenvalue weighted by molar-refractivity contribution is 7.13. The molecule has 116 valence electrons. The number of hydrogen-bond donors (Lipinski definition) is 1. The molecule has 4 rings (SSSR count). The molecule has 0 bridgehead atoms. The second kappa shape index (κ2) is 6.22. The fourth-order valence-corrected chi connectivity index (χ4v) is 3.24. The van der Waals surface area contributed by atoms with E-state index in [2.05, 4.69) is 15.3 Å². The van der Waals surface area contributed by atoms with E-state index in [9.17, 15) is 4.79 Å². The Hall–Kier alpha value is -3.05. The van der Waals surface area contributed by atoms with Gasteiger partial charge in [0.2, 0.25) is 0 Å². The van der Waals surface area contributed by atoms with Gasteiger partial charge in [0.1, 0.15) is 0 Å². The van der Waals surface area contributed by atoms with E-state index in [0.29, 0.717) is 11.3 Å². The number of para-hydroxylation sites is 1. The van der Waals surface area contributed by atoms with Crippen molar-refractivity contribution in [3.8, 4) is 10.6 Å². The van der Waals surface area contributed by atoms with Crippen LogP contribution in [0.3, 0.4) is 0 Å². The van der Waals surface area contributed by atoms with Gasteiger partial charge in [-0.3, -0.25) is 9.78 Å². The third-order valence-corrected chi connectivity index (χ3v) is 4.55. The van der Waals surface area contributed by atoms with Gasteiger partial charge in [0, 0.05) is 11.6 Å². The molecule has 0 atom stereocenters. The van der Waals surface area contributed by atoms with Gasteiger partial charge in [-0.1, -0.05) is 24.3 Å². The Morgan fingerprint density at radius 2 is 1.96 bits per heavy atom. The molecule has 0 fully saturated rings. The molecule has 4 nitrogen and oxygen atoms in total. The maximum absolute atomic E-state index is 12.8. The van der Waals surface area contributed by atoms with Crippen LogP contribution in [0.15, 0.2) is 72.4 Å². The Kier molecular flexibility index (Phi) is 3.76. The average Bonchev–Trinajstić information content (AvgIpc) is 3.16. The number of rotatable bonds is 3. The summed E-state index contributed by atoms with van der Waals surface area (Å²) in [5, 5.41) is 5.73. The van der Waals surface area contributed by atoms with Crippen molar-refractivity contribution in [2.24, 2.45) is 0 Å². The second-order valence-corrected chi connectivity index (χ2v) is 6.19. The number of aromatic nitrogens is 2. The molecule has 3 aromatic heterocycles. The van der Waals surface area contributed by atoms with Gasteiger partial charge in [-0.2, -0.15) is 0 Å². The molecule has 4 aromatic rings. The lowest BCUT2D eigenvalue weighted by atomic mass is 10.1. The smallest absolute Gasteiger partial charge is 0.256 e. The number of nitrogens with zero attached hydrogens (tertiary/aromatic N) is 2. The number of thiophene rings is 1. The monoisotopic (exact) mass is 331 g/mol. The lowest BCUT2D eigenvalue weighted by molar-refractivity contribution is 0.102.